The van der Waals surface area contributed by atoms with Gasteiger partial charge in [-0.15, -0.1) is 11.3 Å². The zero-order valence-corrected chi connectivity index (χ0v) is 12.6. The first-order chi connectivity index (χ1) is 10.5. The molecule has 1 atom stereocenters. The maximum absolute atomic E-state index is 12.4. The van der Waals surface area contributed by atoms with Crippen LogP contribution in [0.2, 0.25) is 0 Å². The summed E-state index contributed by atoms with van der Waals surface area (Å²) in [7, 11) is 0. The highest BCUT2D eigenvalue weighted by molar-refractivity contribution is 7.13. The van der Waals surface area contributed by atoms with Gasteiger partial charge in [0, 0.05) is 11.9 Å². The standard InChI is InChI=1S/C14H14N2O5S/c1-8-2-3-10(21-8)12-15-9(7-22-12)13(17)16-4-5-20-11(6-16)14(18)19/h2-3,7,11H,4-6H2,1H3,(H,18,19). The Bertz CT molecular complexity index is 708. The van der Waals surface area contributed by atoms with E-state index in [2.05, 4.69) is 4.98 Å². The lowest BCUT2D eigenvalue weighted by atomic mass is 10.2. The van der Waals surface area contributed by atoms with E-state index >= 15 is 0 Å². The van der Waals surface area contributed by atoms with Gasteiger partial charge in [-0.2, -0.15) is 0 Å². The maximum atomic E-state index is 12.4. The predicted octanol–water partition coefficient (Wildman–Crippen LogP) is 1.64. The van der Waals surface area contributed by atoms with E-state index in [1.807, 2.05) is 13.0 Å². The molecule has 0 bridgehead atoms. The molecule has 1 unspecified atom stereocenters. The summed E-state index contributed by atoms with van der Waals surface area (Å²) in [5.41, 5.74) is 0.292. The predicted molar refractivity (Wildman–Crippen MR) is 77.8 cm³/mol. The Morgan fingerprint density at radius 3 is 2.95 bits per heavy atom. The van der Waals surface area contributed by atoms with Gasteiger partial charge in [0.1, 0.15) is 11.5 Å². The van der Waals surface area contributed by atoms with Gasteiger partial charge in [0.25, 0.3) is 5.91 Å². The van der Waals surface area contributed by atoms with Crippen molar-refractivity contribution in [1.29, 1.82) is 0 Å². The average Bonchev–Trinajstić information content (AvgIpc) is 3.15. The van der Waals surface area contributed by atoms with E-state index in [1.165, 1.54) is 16.2 Å². The molecule has 3 rings (SSSR count). The molecule has 1 aliphatic rings. The van der Waals surface area contributed by atoms with Gasteiger partial charge in [-0.3, -0.25) is 4.79 Å². The smallest absolute Gasteiger partial charge is 0.334 e. The number of amides is 1. The highest BCUT2D eigenvalue weighted by Gasteiger charge is 2.30. The Balaban J connectivity index is 1.75. The van der Waals surface area contributed by atoms with E-state index in [1.54, 1.807) is 11.4 Å². The quantitative estimate of drug-likeness (QED) is 0.923. The van der Waals surface area contributed by atoms with Crippen LogP contribution in [-0.2, 0) is 9.53 Å². The molecule has 0 saturated carbocycles. The second-order valence-electron chi connectivity index (χ2n) is 4.90. The summed E-state index contributed by atoms with van der Waals surface area (Å²) in [6.45, 7) is 2.43. The Kier molecular flexibility index (Phi) is 3.95. The van der Waals surface area contributed by atoms with E-state index in [0.29, 0.717) is 23.0 Å². The number of aryl methyl sites for hydroxylation is 1. The van der Waals surface area contributed by atoms with Crippen LogP contribution in [0.4, 0.5) is 0 Å². The van der Waals surface area contributed by atoms with Gasteiger partial charge >= 0.3 is 5.97 Å². The number of hydrogen-bond acceptors (Lipinski definition) is 6. The molecule has 1 N–H and O–H groups in total. The number of thiazole rings is 1. The van der Waals surface area contributed by atoms with Crippen LogP contribution in [-0.4, -0.2) is 52.7 Å². The van der Waals surface area contributed by atoms with Crippen molar-refractivity contribution < 1.29 is 23.8 Å². The number of rotatable bonds is 3. The van der Waals surface area contributed by atoms with Gasteiger partial charge in [0.05, 0.1) is 13.2 Å². The number of carbonyl (C=O) groups excluding carboxylic acids is 1. The first-order valence-corrected chi connectivity index (χ1v) is 7.58. The number of nitrogens with zero attached hydrogens (tertiary/aromatic N) is 2. The van der Waals surface area contributed by atoms with Gasteiger partial charge in [0.15, 0.2) is 16.9 Å². The number of carboxylic acid groups (broad SMARTS) is 1. The number of ether oxygens (including phenoxy) is 1. The Morgan fingerprint density at radius 2 is 2.27 bits per heavy atom. The number of hydrogen-bond donors (Lipinski definition) is 1. The molecule has 1 fully saturated rings. The molecule has 7 nitrogen and oxygen atoms in total. The summed E-state index contributed by atoms with van der Waals surface area (Å²) >= 11 is 1.32. The molecule has 8 heteroatoms. The van der Waals surface area contributed by atoms with E-state index in [0.717, 1.165) is 5.76 Å². The van der Waals surface area contributed by atoms with Crippen LogP contribution in [0.15, 0.2) is 21.9 Å². The topological polar surface area (TPSA) is 92.9 Å². The SMILES string of the molecule is Cc1ccc(-c2nc(C(=O)N3CCOC(C(=O)O)C3)cs2)o1. The van der Waals surface area contributed by atoms with Gasteiger partial charge < -0.3 is 19.2 Å². The lowest BCUT2D eigenvalue weighted by Crippen LogP contribution is -2.48. The molecule has 2 aromatic rings. The zero-order valence-electron chi connectivity index (χ0n) is 11.8. The van der Waals surface area contributed by atoms with Crippen LogP contribution in [0.5, 0.6) is 0 Å². The highest BCUT2D eigenvalue weighted by Crippen LogP contribution is 2.26. The molecule has 1 aliphatic heterocycles. The molecule has 116 valence electrons. The molecule has 22 heavy (non-hydrogen) atoms. The van der Waals surface area contributed by atoms with E-state index < -0.39 is 12.1 Å². The van der Waals surface area contributed by atoms with Crippen LogP contribution < -0.4 is 0 Å². The van der Waals surface area contributed by atoms with Crippen molar-refractivity contribution in [2.75, 3.05) is 19.7 Å². The number of aliphatic carboxylic acids is 1. The number of furan rings is 1. The fraction of sp³-hybridized carbons (Fsp3) is 0.357. The summed E-state index contributed by atoms with van der Waals surface area (Å²) < 4.78 is 10.6. The minimum atomic E-state index is -1.07. The molecule has 0 radical (unpaired) electrons. The monoisotopic (exact) mass is 322 g/mol. The average molecular weight is 322 g/mol. The van der Waals surface area contributed by atoms with Crippen LogP contribution in [0.3, 0.4) is 0 Å². The van der Waals surface area contributed by atoms with Crippen molar-refractivity contribution in [1.82, 2.24) is 9.88 Å². The normalized spacial score (nSPS) is 18.4. The first-order valence-electron chi connectivity index (χ1n) is 6.70. The van der Waals surface area contributed by atoms with E-state index in [9.17, 15) is 9.59 Å². The molecule has 2 aromatic heterocycles. The zero-order chi connectivity index (χ0) is 15.7. The summed E-state index contributed by atoms with van der Waals surface area (Å²) in [6, 6.07) is 3.63. The van der Waals surface area contributed by atoms with Crippen LogP contribution in [0, 0.1) is 6.92 Å². The molecule has 3 heterocycles. The van der Waals surface area contributed by atoms with Crippen molar-refractivity contribution in [3.8, 4) is 10.8 Å². The number of carboxylic acids is 1. The minimum absolute atomic E-state index is 0.0287. The first kappa shape index (κ1) is 14.7. The summed E-state index contributed by atoms with van der Waals surface area (Å²) in [6.07, 6.45) is -0.983. The van der Waals surface area contributed by atoms with Gasteiger partial charge in [0.2, 0.25) is 0 Å². The van der Waals surface area contributed by atoms with Crippen molar-refractivity contribution in [3.63, 3.8) is 0 Å². The van der Waals surface area contributed by atoms with Crippen molar-refractivity contribution in [3.05, 3.63) is 29.0 Å². The van der Waals surface area contributed by atoms with Crippen LogP contribution in [0.25, 0.3) is 10.8 Å². The highest BCUT2D eigenvalue weighted by atomic mass is 32.1. The molecule has 0 spiro atoms. The van der Waals surface area contributed by atoms with E-state index in [-0.39, 0.29) is 19.1 Å². The van der Waals surface area contributed by atoms with Crippen molar-refractivity contribution in [2.45, 2.75) is 13.0 Å². The third kappa shape index (κ3) is 2.88. The number of aromatic nitrogens is 1. The molecular weight excluding hydrogens is 308 g/mol. The molecule has 1 amide bonds. The second-order valence-corrected chi connectivity index (χ2v) is 5.76. The van der Waals surface area contributed by atoms with E-state index in [4.69, 9.17) is 14.3 Å². The summed E-state index contributed by atoms with van der Waals surface area (Å²) in [5.74, 6) is 0.0327. The lowest BCUT2D eigenvalue weighted by Gasteiger charge is -2.30. The van der Waals surface area contributed by atoms with Crippen LogP contribution >= 0.6 is 11.3 Å². The lowest BCUT2D eigenvalue weighted by molar-refractivity contribution is -0.154. The fourth-order valence-electron chi connectivity index (χ4n) is 2.18. The minimum Gasteiger partial charge on any atom is -0.479 e. The Labute approximate surface area is 130 Å². The molecule has 1 saturated heterocycles. The number of carbonyl (C=O) groups is 2. The summed E-state index contributed by atoms with van der Waals surface area (Å²) in [4.78, 5) is 29.1. The van der Waals surface area contributed by atoms with Crippen LogP contribution in [0.1, 0.15) is 16.2 Å². The van der Waals surface area contributed by atoms with Gasteiger partial charge in [-0.05, 0) is 19.1 Å². The Morgan fingerprint density at radius 1 is 1.45 bits per heavy atom. The fourth-order valence-corrected chi connectivity index (χ4v) is 2.93. The number of morpholine rings is 1. The Hall–Kier alpha value is -2.19. The van der Waals surface area contributed by atoms with Gasteiger partial charge in [-0.25, -0.2) is 9.78 Å². The van der Waals surface area contributed by atoms with Gasteiger partial charge in [-0.1, -0.05) is 0 Å². The molecule has 0 aliphatic carbocycles. The third-order valence-corrected chi connectivity index (χ3v) is 4.16. The molecular formula is C14H14N2O5S. The van der Waals surface area contributed by atoms with Crippen molar-refractivity contribution in [2.24, 2.45) is 0 Å². The summed E-state index contributed by atoms with van der Waals surface area (Å²) in [5, 5.41) is 11.3. The largest absolute Gasteiger partial charge is 0.479 e. The molecule has 0 aromatic carbocycles. The maximum Gasteiger partial charge on any atom is 0.334 e. The third-order valence-electron chi connectivity index (χ3n) is 3.30. The van der Waals surface area contributed by atoms with Crippen molar-refractivity contribution >= 4 is 23.2 Å². The second kappa shape index (κ2) is 5.90.